The van der Waals surface area contributed by atoms with Crippen molar-refractivity contribution < 1.29 is 27.7 Å². The third-order valence-corrected chi connectivity index (χ3v) is 4.49. The lowest BCUT2D eigenvalue weighted by Gasteiger charge is -2.17. The molecule has 0 aliphatic carbocycles. The molecule has 0 aromatic heterocycles. The minimum atomic E-state index is -3.51. The molecule has 0 aromatic rings. The molecule has 23 heavy (non-hydrogen) atoms. The molecule has 0 saturated carbocycles. The lowest BCUT2D eigenvalue weighted by Crippen LogP contribution is -2.18. The van der Waals surface area contributed by atoms with Crippen LogP contribution in [0.25, 0.3) is 0 Å². The van der Waals surface area contributed by atoms with Crippen LogP contribution >= 0.6 is 7.82 Å². The van der Waals surface area contributed by atoms with Crippen molar-refractivity contribution in [1.29, 1.82) is 0 Å². The Morgan fingerprint density at radius 2 is 1.70 bits per heavy atom. The van der Waals surface area contributed by atoms with Gasteiger partial charge < -0.3 is 9.64 Å². The number of hydrogen-bond acceptors (Lipinski definition) is 7. The summed E-state index contributed by atoms with van der Waals surface area (Å²) in [7, 11) is 1.55. The summed E-state index contributed by atoms with van der Waals surface area (Å²) in [5, 5.41) is 0. The molecule has 7 nitrogen and oxygen atoms in total. The quantitative estimate of drug-likeness (QED) is 0.254. The molecule has 1 unspecified atom stereocenters. The van der Waals surface area contributed by atoms with Crippen LogP contribution in [0, 0.1) is 0 Å². The number of carbonyl (C=O) groups excluding carboxylic acids is 1. The smallest absolute Gasteiger partial charge is 0.466 e. The summed E-state index contributed by atoms with van der Waals surface area (Å²) in [6.45, 7) is 3.39. The summed E-state index contributed by atoms with van der Waals surface area (Å²) in [6.07, 6.45) is 5.09. The van der Waals surface area contributed by atoms with E-state index in [2.05, 4.69) is 6.92 Å². The molecule has 0 spiro atoms. The molecule has 0 radical (unpaired) electrons. The van der Waals surface area contributed by atoms with Crippen LogP contribution in [0.3, 0.4) is 0 Å². The second-order valence-corrected chi connectivity index (χ2v) is 7.26. The van der Waals surface area contributed by atoms with Gasteiger partial charge in [0, 0.05) is 26.5 Å². The largest absolute Gasteiger partial charge is 0.474 e. The van der Waals surface area contributed by atoms with E-state index in [0.29, 0.717) is 19.4 Å². The van der Waals surface area contributed by atoms with Crippen LogP contribution < -0.4 is 0 Å². The first-order chi connectivity index (χ1) is 10.9. The van der Waals surface area contributed by atoms with Gasteiger partial charge in [0.05, 0.1) is 19.8 Å². The Morgan fingerprint density at radius 1 is 1.00 bits per heavy atom. The number of unbranched alkanes of at least 4 members (excludes halogenated alkanes) is 3. The summed E-state index contributed by atoms with van der Waals surface area (Å²) in [5.41, 5.74) is 0. The molecule has 8 heteroatoms. The van der Waals surface area contributed by atoms with Crippen molar-refractivity contribution in [3.05, 3.63) is 0 Å². The Morgan fingerprint density at radius 3 is 2.30 bits per heavy atom. The second-order valence-electron chi connectivity index (χ2n) is 5.48. The minimum Gasteiger partial charge on any atom is -0.466 e. The normalized spacial score (nSPS) is 14.0. The van der Waals surface area contributed by atoms with Crippen LogP contribution in [-0.2, 0) is 27.7 Å². The Hall–Kier alpha value is -0.460. The van der Waals surface area contributed by atoms with Crippen LogP contribution in [0.5, 0.6) is 0 Å². The molecule has 138 valence electrons. The van der Waals surface area contributed by atoms with Gasteiger partial charge in [0.2, 0.25) is 0 Å². The monoisotopic (exact) mass is 353 g/mol. The van der Waals surface area contributed by atoms with Gasteiger partial charge in [0.15, 0.2) is 0 Å². The van der Waals surface area contributed by atoms with E-state index in [1.54, 1.807) is 0 Å². The minimum absolute atomic E-state index is 0.149. The average Bonchev–Trinajstić information content (AvgIpc) is 2.51. The molecule has 0 bridgehead atoms. The molecule has 1 atom stereocenters. The van der Waals surface area contributed by atoms with Gasteiger partial charge >= 0.3 is 13.8 Å². The van der Waals surface area contributed by atoms with E-state index in [-0.39, 0.29) is 25.8 Å². The Kier molecular flexibility index (Phi) is 13.7. The maximum absolute atomic E-state index is 12.1. The topological polar surface area (TPSA) is 74.3 Å². The number of hydrogen-bond donors (Lipinski definition) is 0. The standard InChI is InChI=1S/C15H32NO6P/c1-5-6-7-8-10-15(17)20-12-9-13-21-23(18,19-4)22-14-11-16(2)3/h5-14H2,1-4H3. The van der Waals surface area contributed by atoms with Crippen molar-refractivity contribution in [3.63, 3.8) is 0 Å². The van der Waals surface area contributed by atoms with Crippen LogP contribution in [0.1, 0.15) is 45.4 Å². The molecule has 0 aliphatic rings. The highest BCUT2D eigenvalue weighted by Gasteiger charge is 2.24. The summed E-state index contributed by atoms with van der Waals surface area (Å²) < 4.78 is 32.3. The van der Waals surface area contributed by atoms with Gasteiger partial charge in [-0.05, 0) is 20.5 Å². The van der Waals surface area contributed by atoms with E-state index in [1.165, 1.54) is 7.11 Å². The van der Waals surface area contributed by atoms with Crippen molar-refractivity contribution in [2.75, 3.05) is 47.6 Å². The highest BCUT2D eigenvalue weighted by molar-refractivity contribution is 7.48. The van der Waals surface area contributed by atoms with E-state index in [1.807, 2.05) is 19.0 Å². The summed E-state index contributed by atoms with van der Waals surface area (Å²) >= 11 is 0. The lowest BCUT2D eigenvalue weighted by molar-refractivity contribution is -0.144. The van der Waals surface area contributed by atoms with Crippen molar-refractivity contribution in [1.82, 2.24) is 4.90 Å². The molecule has 0 N–H and O–H groups in total. The van der Waals surface area contributed by atoms with Gasteiger partial charge in [0.25, 0.3) is 0 Å². The number of ether oxygens (including phenoxy) is 1. The predicted octanol–water partition coefficient (Wildman–Crippen LogP) is 3.24. The molecular weight excluding hydrogens is 321 g/mol. The van der Waals surface area contributed by atoms with Crippen LogP contribution in [0.15, 0.2) is 0 Å². The summed E-state index contributed by atoms with van der Waals surface area (Å²) in [6, 6.07) is 0. The number of esters is 1. The van der Waals surface area contributed by atoms with E-state index < -0.39 is 7.82 Å². The van der Waals surface area contributed by atoms with E-state index in [9.17, 15) is 9.36 Å². The number of rotatable bonds is 15. The third kappa shape index (κ3) is 13.7. The number of likely N-dealkylation sites (N-methyl/N-ethyl adjacent to an activating group) is 1. The van der Waals surface area contributed by atoms with Gasteiger partial charge in [-0.2, -0.15) is 0 Å². The average molecular weight is 353 g/mol. The fourth-order valence-corrected chi connectivity index (χ4v) is 2.61. The lowest BCUT2D eigenvalue weighted by atomic mass is 10.2. The van der Waals surface area contributed by atoms with Crippen molar-refractivity contribution in [2.45, 2.75) is 45.4 Å². The van der Waals surface area contributed by atoms with Gasteiger partial charge in [-0.25, -0.2) is 4.57 Å². The number of phosphoric acid groups is 1. The second kappa shape index (κ2) is 13.9. The zero-order valence-corrected chi connectivity index (χ0v) is 15.8. The van der Waals surface area contributed by atoms with Crippen LogP contribution in [-0.4, -0.2) is 58.4 Å². The Balaban J connectivity index is 3.70. The van der Waals surface area contributed by atoms with Crippen molar-refractivity contribution in [2.24, 2.45) is 0 Å². The fourth-order valence-electron chi connectivity index (χ4n) is 1.67. The first-order valence-corrected chi connectivity index (χ1v) is 9.64. The summed E-state index contributed by atoms with van der Waals surface area (Å²) in [4.78, 5) is 13.4. The van der Waals surface area contributed by atoms with E-state index in [4.69, 9.17) is 18.3 Å². The summed E-state index contributed by atoms with van der Waals surface area (Å²) in [5.74, 6) is -0.196. The fraction of sp³-hybridized carbons (Fsp3) is 0.933. The molecule has 0 fully saturated rings. The predicted molar refractivity (Wildman–Crippen MR) is 89.4 cm³/mol. The van der Waals surface area contributed by atoms with Gasteiger partial charge in [0.1, 0.15) is 0 Å². The highest BCUT2D eigenvalue weighted by atomic mass is 31.2. The zero-order valence-electron chi connectivity index (χ0n) is 14.9. The van der Waals surface area contributed by atoms with Crippen molar-refractivity contribution >= 4 is 13.8 Å². The molecule has 0 heterocycles. The third-order valence-electron chi connectivity index (χ3n) is 3.05. The maximum atomic E-state index is 12.1. The molecule has 0 rings (SSSR count). The van der Waals surface area contributed by atoms with Crippen molar-refractivity contribution in [3.8, 4) is 0 Å². The first-order valence-electron chi connectivity index (χ1n) is 8.18. The number of carbonyl (C=O) groups is 1. The first kappa shape index (κ1) is 22.5. The Bertz CT molecular complexity index is 351. The van der Waals surface area contributed by atoms with Gasteiger partial charge in [-0.15, -0.1) is 0 Å². The SMILES string of the molecule is CCCCCCC(=O)OCCCOP(=O)(OC)OCCN(C)C. The molecule has 0 amide bonds. The molecule has 0 saturated heterocycles. The maximum Gasteiger partial charge on any atom is 0.474 e. The van der Waals surface area contributed by atoms with Gasteiger partial charge in [-0.3, -0.25) is 18.4 Å². The van der Waals surface area contributed by atoms with Crippen LogP contribution in [0.4, 0.5) is 0 Å². The zero-order chi connectivity index (χ0) is 17.6. The molecular formula is C15H32NO6P. The molecule has 0 aromatic carbocycles. The van der Waals surface area contributed by atoms with E-state index in [0.717, 1.165) is 25.7 Å². The van der Waals surface area contributed by atoms with Crippen LogP contribution in [0.2, 0.25) is 0 Å². The van der Waals surface area contributed by atoms with E-state index >= 15 is 0 Å². The highest BCUT2D eigenvalue weighted by Crippen LogP contribution is 2.48. The number of nitrogens with zero attached hydrogens (tertiary/aromatic N) is 1. The van der Waals surface area contributed by atoms with Gasteiger partial charge in [-0.1, -0.05) is 26.2 Å². The number of phosphoric ester groups is 1. The molecule has 0 aliphatic heterocycles. The Labute approximate surface area is 140 Å².